The fourth-order valence-electron chi connectivity index (χ4n) is 1.63. The molecular formula is C15H19N2O8PS. The summed E-state index contributed by atoms with van der Waals surface area (Å²) >= 11 is 1.32. The van der Waals surface area contributed by atoms with Crippen LogP contribution in [0.1, 0.15) is 15.2 Å². The largest absolute Gasteiger partial charge is 0.493 e. The molecule has 1 aromatic carbocycles. The molecule has 0 saturated carbocycles. The van der Waals surface area contributed by atoms with Gasteiger partial charge in [0.15, 0.2) is 11.5 Å². The van der Waals surface area contributed by atoms with E-state index in [1.54, 1.807) is 36.5 Å². The van der Waals surface area contributed by atoms with Crippen molar-refractivity contribution in [1.82, 2.24) is 5.43 Å². The highest BCUT2D eigenvalue weighted by Gasteiger charge is 2.13. The van der Waals surface area contributed by atoms with Crippen molar-refractivity contribution in [2.75, 3.05) is 20.3 Å². The van der Waals surface area contributed by atoms with Crippen molar-refractivity contribution >= 4 is 31.3 Å². The van der Waals surface area contributed by atoms with Gasteiger partial charge in [-0.2, -0.15) is 5.10 Å². The minimum Gasteiger partial charge on any atom is -0.493 e. The Morgan fingerprint density at radius 1 is 1.30 bits per heavy atom. The minimum atomic E-state index is -4.64. The fourth-order valence-corrected chi connectivity index (χ4v) is 2.23. The number of hydrazone groups is 1. The molecule has 2 rings (SSSR count). The number of nitrogens with zero attached hydrogens (tertiary/aromatic N) is 1. The zero-order chi connectivity index (χ0) is 20.3. The standard InChI is InChI=1S/C15H16N2O4S.H3O4P/c1-20-13-9-11(10-17-16-6-7-18)4-5-12(13)21-15(19)14-3-2-8-22-14;1-5(2,3)4/h2-5,8-10,16,18H,6-7H2,1H3;(H3,1,2,3,4). The molecule has 0 fully saturated rings. The molecule has 0 bridgehead atoms. The molecule has 5 N–H and O–H groups in total. The van der Waals surface area contributed by atoms with E-state index in [1.165, 1.54) is 18.4 Å². The third-order valence-electron chi connectivity index (χ3n) is 2.64. The number of phosphoric acid groups is 1. The average molecular weight is 418 g/mol. The van der Waals surface area contributed by atoms with Crippen LogP contribution in [0.3, 0.4) is 0 Å². The number of esters is 1. The molecular weight excluding hydrogens is 399 g/mol. The van der Waals surface area contributed by atoms with E-state index in [0.717, 1.165) is 5.56 Å². The smallest absolute Gasteiger partial charge is 0.466 e. The molecule has 1 heterocycles. The van der Waals surface area contributed by atoms with Gasteiger partial charge in [-0.25, -0.2) is 9.36 Å². The van der Waals surface area contributed by atoms with Crippen LogP contribution >= 0.6 is 19.2 Å². The Balaban J connectivity index is 0.000000646. The highest BCUT2D eigenvalue weighted by Crippen LogP contribution is 2.29. The Bertz CT molecular complexity index is 783. The van der Waals surface area contributed by atoms with Gasteiger partial charge in [0.2, 0.25) is 0 Å². The predicted octanol–water partition coefficient (Wildman–Crippen LogP) is 0.963. The van der Waals surface area contributed by atoms with Gasteiger partial charge in [0, 0.05) is 0 Å². The van der Waals surface area contributed by atoms with Gasteiger partial charge >= 0.3 is 13.8 Å². The van der Waals surface area contributed by atoms with Crippen LogP contribution in [-0.2, 0) is 4.57 Å². The lowest BCUT2D eigenvalue weighted by atomic mass is 10.2. The number of aliphatic hydroxyl groups is 1. The topological polar surface area (TPSA) is 158 Å². The van der Waals surface area contributed by atoms with Gasteiger partial charge in [0.1, 0.15) is 4.88 Å². The highest BCUT2D eigenvalue weighted by molar-refractivity contribution is 7.45. The molecule has 12 heteroatoms. The zero-order valence-corrected chi connectivity index (χ0v) is 15.9. The number of rotatable bonds is 7. The number of carbonyl (C=O) groups is 1. The molecule has 0 amide bonds. The van der Waals surface area contributed by atoms with E-state index in [0.29, 0.717) is 22.9 Å². The maximum absolute atomic E-state index is 11.9. The van der Waals surface area contributed by atoms with E-state index in [2.05, 4.69) is 10.5 Å². The number of thiophene rings is 1. The van der Waals surface area contributed by atoms with Gasteiger partial charge in [0.05, 0.1) is 26.5 Å². The molecule has 148 valence electrons. The molecule has 1 aromatic heterocycles. The molecule has 0 atom stereocenters. The van der Waals surface area contributed by atoms with E-state index in [-0.39, 0.29) is 6.61 Å². The van der Waals surface area contributed by atoms with E-state index in [1.807, 2.05) is 5.38 Å². The summed E-state index contributed by atoms with van der Waals surface area (Å²) in [5, 5.41) is 14.4. The quantitative estimate of drug-likeness (QED) is 0.110. The lowest BCUT2D eigenvalue weighted by Crippen LogP contribution is -2.11. The van der Waals surface area contributed by atoms with Gasteiger partial charge in [-0.15, -0.1) is 11.3 Å². The van der Waals surface area contributed by atoms with Gasteiger partial charge in [-0.1, -0.05) is 6.07 Å². The van der Waals surface area contributed by atoms with Crippen molar-refractivity contribution < 1.29 is 38.6 Å². The Morgan fingerprint density at radius 2 is 2.00 bits per heavy atom. The Labute approximate surface area is 158 Å². The molecule has 0 aliphatic carbocycles. The van der Waals surface area contributed by atoms with Crippen molar-refractivity contribution in [3.05, 3.63) is 46.2 Å². The van der Waals surface area contributed by atoms with E-state index >= 15 is 0 Å². The Kier molecular flexibility index (Phi) is 9.65. The number of methoxy groups -OCH3 is 1. The van der Waals surface area contributed by atoms with Crippen LogP contribution in [0.25, 0.3) is 0 Å². The molecule has 0 saturated heterocycles. The Morgan fingerprint density at radius 3 is 2.56 bits per heavy atom. The van der Waals surface area contributed by atoms with Crippen molar-refractivity contribution in [1.29, 1.82) is 0 Å². The summed E-state index contributed by atoms with van der Waals surface area (Å²) in [5.74, 6) is 0.372. The maximum Gasteiger partial charge on any atom is 0.466 e. The fraction of sp³-hybridized carbons (Fsp3) is 0.200. The van der Waals surface area contributed by atoms with Crippen LogP contribution in [0, 0.1) is 0 Å². The normalized spacial score (nSPS) is 10.9. The maximum atomic E-state index is 11.9. The number of aliphatic hydroxyl groups excluding tert-OH is 1. The predicted molar refractivity (Wildman–Crippen MR) is 99.2 cm³/mol. The van der Waals surface area contributed by atoms with Gasteiger partial charge in [-0.3, -0.25) is 0 Å². The van der Waals surface area contributed by atoms with Crippen LogP contribution < -0.4 is 14.9 Å². The number of hydrogen-bond acceptors (Lipinski definition) is 8. The van der Waals surface area contributed by atoms with Gasteiger partial charge in [-0.05, 0) is 35.2 Å². The number of ether oxygens (including phenoxy) is 2. The summed E-state index contributed by atoms with van der Waals surface area (Å²) in [4.78, 5) is 34.0. The third kappa shape index (κ3) is 9.85. The average Bonchev–Trinajstić information content (AvgIpc) is 3.13. The summed E-state index contributed by atoms with van der Waals surface area (Å²) in [5.41, 5.74) is 3.46. The number of hydrogen-bond donors (Lipinski definition) is 5. The van der Waals surface area contributed by atoms with Crippen LogP contribution in [0.4, 0.5) is 0 Å². The highest BCUT2D eigenvalue weighted by atomic mass is 32.1. The Hall–Kier alpha value is -2.27. The monoisotopic (exact) mass is 418 g/mol. The molecule has 27 heavy (non-hydrogen) atoms. The molecule has 0 radical (unpaired) electrons. The first-order valence-corrected chi connectivity index (χ1v) is 9.78. The second-order valence-corrected chi connectivity index (χ2v) is 6.65. The summed E-state index contributed by atoms with van der Waals surface area (Å²) in [6.45, 7) is 0.391. The number of nitrogens with one attached hydrogen (secondary N) is 1. The van der Waals surface area contributed by atoms with Crippen molar-refractivity contribution in [3.63, 3.8) is 0 Å². The van der Waals surface area contributed by atoms with Crippen molar-refractivity contribution in [2.24, 2.45) is 5.10 Å². The first-order valence-electron chi connectivity index (χ1n) is 7.33. The summed E-state index contributed by atoms with van der Waals surface area (Å²) in [7, 11) is -3.14. The third-order valence-corrected chi connectivity index (χ3v) is 3.49. The zero-order valence-electron chi connectivity index (χ0n) is 14.2. The summed E-state index contributed by atoms with van der Waals surface area (Å²) in [6, 6.07) is 8.60. The van der Waals surface area contributed by atoms with Crippen LogP contribution in [0.5, 0.6) is 11.5 Å². The van der Waals surface area contributed by atoms with Gasteiger partial charge < -0.3 is 34.7 Å². The number of benzene rings is 1. The van der Waals surface area contributed by atoms with Crippen LogP contribution in [-0.4, -0.2) is 52.2 Å². The lowest BCUT2D eigenvalue weighted by molar-refractivity contribution is 0.0734. The second-order valence-electron chi connectivity index (χ2n) is 4.68. The van der Waals surface area contributed by atoms with Gasteiger partial charge in [0.25, 0.3) is 0 Å². The summed E-state index contributed by atoms with van der Waals surface area (Å²) < 4.78 is 19.4. The van der Waals surface area contributed by atoms with E-state index in [9.17, 15) is 4.79 Å². The van der Waals surface area contributed by atoms with E-state index < -0.39 is 13.8 Å². The molecule has 0 unspecified atom stereocenters. The first kappa shape index (κ1) is 22.8. The van der Waals surface area contributed by atoms with Crippen LogP contribution in [0.2, 0.25) is 0 Å². The first-order chi connectivity index (χ1) is 12.7. The summed E-state index contributed by atoms with van der Waals surface area (Å²) in [6.07, 6.45) is 1.59. The number of carbonyl (C=O) groups excluding carboxylic acids is 1. The van der Waals surface area contributed by atoms with Crippen molar-refractivity contribution in [3.8, 4) is 11.5 Å². The van der Waals surface area contributed by atoms with E-state index in [4.69, 9.17) is 33.8 Å². The SMILES string of the molecule is COc1cc(C=NNCCO)ccc1OC(=O)c1cccs1.O=P(O)(O)O. The molecule has 0 aliphatic heterocycles. The molecule has 2 aromatic rings. The second kappa shape index (κ2) is 11.4. The van der Waals surface area contributed by atoms with Crippen molar-refractivity contribution in [2.45, 2.75) is 0 Å². The lowest BCUT2D eigenvalue weighted by Gasteiger charge is -2.09. The molecule has 10 nitrogen and oxygen atoms in total. The minimum absolute atomic E-state index is 0.0122. The molecule has 0 spiro atoms. The van der Waals surface area contributed by atoms with Crippen LogP contribution in [0.15, 0.2) is 40.8 Å². The molecule has 0 aliphatic rings.